The Hall–Kier alpha value is -3.07. The molecule has 3 aromatic carbocycles. The second kappa shape index (κ2) is 12.4. The van der Waals surface area contributed by atoms with E-state index in [9.17, 15) is 9.59 Å². The number of benzene rings is 3. The largest absolute Gasteiger partial charge is 0.488 e. The Morgan fingerprint density at radius 3 is 2.54 bits per heavy atom. The first kappa shape index (κ1) is 29.4. The van der Waals surface area contributed by atoms with Crippen LogP contribution in [-0.4, -0.2) is 17.1 Å². The van der Waals surface area contributed by atoms with Crippen LogP contribution in [0.5, 0.6) is 5.75 Å². The van der Waals surface area contributed by atoms with Crippen molar-refractivity contribution in [1.29, 1.82) is 0 Å². The first-order valence-electron chi connectivity index (χ1n) is 12.5. The number of thiazole rings is 1. The van der Waals surface area contributed by atoms with E-state index in [0.717, 1.165) is 5.56 Å². The Kier molecular flexibility index (Phi) is 8.92. The molecule has 0 unspecified atom stereocenters. The van der Waals surface area contributed by atoms with Crippen LogP contribution < -0.4 is 19.6 Å². The topological polar surface area (TPSA) is 69.9 Å². The van der Waals surface area contributed by atoms with Gasteiger partial charge in [0.2, 0.25) is 0 Å². The lowest BCUT2D eigenvalue weighted by Crippen LogP contribution is -2.40. The number of hydrogen-bond acceptors (Lipinski definition) is 6. The summed E-state index contributed by atoms with van der Waals surface area (Å²) in [6.45, 7) is 3.84. The third kappa shape index (κ3) is 6.10. The maximum atomic E-state index is 14.0. The number of ether oxygens (including phenoxy) is 2. The van der Waals surface area contributed by atoms with Crippen molar-refractivity contribution in [2.45, 2.75) is 26.5 Å². The predicted octanol–water partition coefficient (Wildman–Crippen LogP) is 6.99. The number of hydrogen-bond donors (Lipinski definition) is 0. The van der Waals surface area contributed by atoms with Crippen LogP contribution in [0.15, 0.2) is 81.7 Å². The molecule has 2 heterocycles. The highest BCUT2D eigenvalue weighted by Crippen LogP contribution is 2.34. The number of fused-ring (bicyclic) bond motifs is 1. The highest BCUT2D eigenvalue weighted by Gasteiger charge is 2.34. The maximum Gasteiger partial charge on any atom is 0.338 e. The van der Waals surface area contributed by atoms with Gasteiger partial charge in [-0.3, -0.25) is 9.36 Å². The number of carbonyl (C=O) groups excluding carboxylic acids is 1. The minimum Gasteiger partial charge on any atom is -0.488 e. The van der Waals surface area contributed by atoms with Gasteiger partial charge in [-0.25, -0.2) is 9.79 Å². The lowest BCUT2D eigenvalue weighted by atomic mass is 9.96. The van der Waals surface area contributed by atoms with Gasteiger partial charge in [0.15, 0.2) is 4.80 Å². The van der Waals surface area contributed by atoms with Gasteiger partial charge in [0.25, 0.3) is 5.56 Å². The highest BCUT2D eigenvalue weighted by molar-refractivity contribution is 7.07. The van der Waals surface area contributed by atoms with Crippen LogP contribution in [0.4, 0.5) is 0 Å². The standard InChI is InChI=1S/C30H22Cl4N2O4S/c1-3-39-29(38)26-16(2)35-30-36(27(26)20-6-4-5-7-21(20)32)28(37)25(41-30)14-18-13-19(31)9-11-24(18)40-15-17-8-10-22(33)23(34)12-17/h4-14,27H,3,15H2,1-2H3/b25-14-/t27-/m1/s1. The molecule has 0 aliphatic carbocycles. The van der Waals surface area contributed by atoms with Crippen LogP contribution >= 0.6 is 57.7 Å². The summed E-state index contributed by atoms with van der Waals surface area (Å²) in [5.74, 6) is -0.0434. The summed E-state index contributed by atoms with van der Waals surface area (Å²) in [5.41, 5.74) is 2.37. The summed E-state index contributed by atoms with van der Waals surface area (Å²) in [4.78, 5) is 32.1. The van der Waals surface area contributed by atoms with Gasteiger partial charge in [-0.15, -0.1) is 0 Å². The number of allylic oxidation sites excluding steroid dienone is 1. The lowest BCUT2D eigenvalue weighted by Gasteiger charge is -2.25. The molecule has 0 fully saturated rings. The third-order valence-corrected chi connectivity index (χ3v) is 8.65. The van der Waals surface area contributed by atoms with Crippen LogP contribution in [0.2, 0.25) is 20.1 Å². The van der Waals surface area contributed by atoms with Crippen molar-refractivity contribution in [3.8, 4) is 5.75 Å². The van der Waals surface area contributed by atoms with Gasteiger partial charge in [0.1, 0.15) is 18.4 Å². The molecule has 1 aromatic heterocycles. The molecule has 4 aromatic rings. The fourth-order valence-electron chi connectivity index (χ4n) is 4.48. The highest BCUT2D eigenvalue weighted by atomic mass is 35.5. The zero-order valence-electron chi connectivity index (χ0n) is 21.8. The maximum absolute atomic E-state index is 14.0. The first-order chi connectivity index (χ1) is 19.7. The van der Waals surface area contributed by atoms with Crippen molar-refractivity contribution in [3.05, 3.63) is 128 Å². The molecule has 6 nitrogen and oxygen atoms in total. The van der Waals surface area contributed by atoms with E-state index >= 15 is 0 Å². The van der Waals surface area contributed by atoms with E-state index in [4.69, 9.17) is 55.9 Å². The predicted molar refractivity (Wildman–Crippen MR) is 164 cm³/mol. The van der Waals surface area contributed by atoms with Gasteiger partial charge in [-0.05, 0) is 67.4 Å². The smallest absolute Gasteiger partial charge is 0.338 e. The fraction of sp³-hybridized carbons (Fsp3) is 0.167. The van der Waals surface area contributed by atoms with Gasteiger partial charge in [0, 0.05) is 15.6 Å². The second-order valence-corrected chi connectivity index (χ2v) is 11.7. The molecule has 5 rings (SSSR count). The molecule has 11 heteroatoms. The second-order valence-electron chi connectivity index (χ2n) is 9.04. The molecule has 0 saturated heterocycles. The molecule has 1 aliphatic heterocycles. The number of nitrogens with zero attached hydrogens (tertiary/aromatic N) is 2. The van der Waals surface area contributed by atoms with E-state index in [1.54, 1.807) is 74.5 Å². The molecule has 0 bridgehead atoms. The van der Waals surface area contributed by atoms with E-state index in [1.165, 1.54) is 15.9 Å². The fourth-order valence-corrected chi connectivity index (χ4v) is 6.26. The molecule has 0 saturated carbocycles. The van der Waals surface area contributed by atoms with Crippen molar-refractivity contribution in [3.63, 3.8) is 0 Å². The van der Waals surface area contributed by atoms with Gasteiger partial charge in [-0.1, -0.05) is 82.0 Å². The summed E-state index contributed by atoms with van der Waals surface area (Å²) < 4.78 is 13.3. The molecule has 210 valence electrons. The monoisotopic (exact) mass is 646 g/mol. The SMILES string of the molecule is CCOC(=O)C1=C(C)N=c2s/c(=C\c3cc(Cl)ccc3OCc3ccc(Cl)c(Cl)c3)c(=O)n2[C@@H]1c1ccccc1Cl. The molecular weight excluding hydrogens is 626 g/mol. The minimum absolute atomic E-state index is 0.176. The molecule has 1 aliphatic rings. The van der Waals surface area contributed by atoms with Crippen molar-refractivity contribution in [1.82, 2.24) is 4.57 Å². The van der Waals surface area contributed by atoms with Crippen LogP contribution in [0, 0.1) is 0 Å². The van der Waals surface area contributed by atoms with Crippen LogP contribution in [0.3, 0.4) is 0 Å². The normalized spacial score (nSPS) is 15.0. The summed E-state index contributed by atoms with van der Waals surface area (Å²) >= 11 is 26.3. The van der Waals surface area contributed by atoms with E-state index in [-0.39, 0.29) is 24.3 Å². The van der Waals surface area contributed by atoms with Crippen LogP contribution in [0.1, 0.15) is 36.6 Å². The molecule has 1 atom stereocenters. The average molecular weight is 648 g/mol. The first-order valence-corrected chi connectivity index (χ1v) is 14.8. The Morgan fingerprint density at radius 1 is 1.02 bits per heavy atom. The van der Waals surface area contributed by atoms with Gasteiger partial charge < -0.3 is 9.47 Å². The minimum atomic E-state index is -0.814. The van der Waals surface area contributed by atoms with Crippen LogP contribution in [0.25, 0.3) is 6.08 Å². The molecule has 0 radical (unpaired) electrons. The van der Waals surface area contributed by atoms with Gasteiger partial charge >= 0.3 is 5.97 Å². The third-order valence-electron chi connectivity index (χ3n) is 6.35. The van der Waals surface area contributed by atoms with Gasteiger partial charge in [-0.2, -0.15) is 0 Å². The zero-order chi connectivity index (χ0) is 29.3. The van der Waals surface area contributed by atoms with Crippen molar-refractivity contribution >= 4 is 69.8 Å². The van der Waals surface area contributed by atoms with E-state index in [0.29, 0.717) is 52.0 Å². The summed E-state index contributed by atoms with van der Waals surface area (Å²) in [6, 6.07) is 16.7. The summed E-state index contributed by atoms with van der Waals surface area (Å²) in [5, 5.41) is 1.77. The lowest BCUT2D eigenvalue weighted by molar-refractivity contribution is -0.139. The molecule has 41 heavy (non-hydrogen) atoms. The quantitative estimate of drug-likeness (QED) is 0.203. The molecule has 0 amide bonds. The molecule has 0 spiro atoms. The molecule has 0 N–H and O–H groups in total. The van der Waals surface area contributed by atoms with E-state index in [1.807, 2.05) is 6.07 Å². The Morgan fingerprint density at radius 2 is 1.80 bits per heavy atom. The Labute approximate surface area is 259 Å². The summed E-state index contributed by atoms with van der Waals surface area (Å²) in [6.07, 6.45) is 1.70. The van der Waals surface area contributed by atoms with Crippen LogP contribution in [-0.2, 0) is 16.1 Å². The number of esters is 1. The number of halogens is 4. The van der Waals surface area contributed by atoms with Gasteiger partial charge in [0.05, 0.1) is 32.5 Å². The Bertz CT molecular complexity index is 1880. The number of aromatic nitrogens is 1. The van der Waals surface area contributed by atoms with E-state index in [2.05, 4.69) is 4.99 Å². The van der Waals surface area contributed by atoms with Crippen molar-refractivity contribution < 1.29 is 14.3 Å². The van der Waals surface area contributed by atoms with Crippen molar-refractivity contribution in [2.75, 3.05) is 6.61 Å². The Balaban J connectivity index is 1.62. The summed E-state index contributed by atoms with van der Waals surface area (Å²) in [7, 11) is 0. The number of rotatable bonds is 7. The zero-order valence-corrected chi connectivity index (χ0v) is 25.6. The number of carbonyl (C=O) groups is 1. The molecular formula is C30H22Cl4N2O4S. The van der Waals surface area contributed by atoms with Crippen molar-refractivity contribution in [2.24, 2.45) is 4.99 Å². The van der Waals surface area contributed by atoms with E-state index < -0.39 is 12.0 Å². The average Bonchev–Trinajstić information content (AvgIpc) is 3.24.